The summed E-state index contributed by atoms with van der Waals surface area (Å²) in [7, 11) is -4.58. The van der Waals surface area contributed by atoms with E-state index in [0.29, 0.717) is 13.2 Å². The molecule has 0 saturated carbocycles. The molecule has 0 bridgehead atoms. The van der Waals surface area contributed by atoms with Crippen molar-refractivity contribution in [1.82, 2.24) is 0 Å². The van der Waals surface area contributed by atoms with Gasteiger partial charge in [0, 0.05) is 0 Å². The fraction of sp³-hybridized carbons (Fsp3) is 0.250. The summed E-state index contributed by atoms with van der Waals surface area (Å²) in [5.74, 6) is 0. The number of fused-ring (bicyclic) bond motifs is 1. The Labute approximate surface area is 75.4 Å². The molecular formula is C8H7FO3S. The quantitative estimate of drug-likeness (QED) is 0.646. The summed E-state index contributed by atoms with van der Waals surface area (Å²) in [5, 5.41) is 0. The van der Waals surface area contributed by atoms with Crippen LogP contribution in [0.4, 0.5) is 3.89 Å². The highest BCUT2D eigenvalue weighted by atomic mass is 32.3. The van der Waals surface area contributed by atoms with Crippen molar-refractivity contribution in [1.29, 1.82) is 0 Å². The molecule has 0 spiro atoms. The highest BCUT2D eigenvalue weighted by Gasteiger charge is 2.17. The number of rotatable bonds is 1. The lowest BCUT2D eigenvalue weighted by atomic mass is 10.1. The van der Waals surface area contributed by atoms with Gasteiger partial charge in [-0.05, 0) is 23.3 Å². The predicted molar refractivity (Wildman–Crippen MR) is 43.2 cm³/mol. The van der Waals surface area contributed by atoms with Crippen LogP contribution in [-0.4, -0.2) is 8.42 Å². The standard InChI is InChI=1S/C8H7FO3S/c9-13(10,11)8-2-1-6-4-12-5-7(6)3-8/h1-3H,4-5H2. The van der Waals surface area contributed by atoms with E-state index in [0.717, 1.165) is 11.1 Å². The summed E-state index contributed by atoms with van der Waals surface area (Å²) < 4.78 is 38.6. The molecule has 3 nitrogen and oxygen atoms in total. The Bertz CT molecular complexity index is 439. The van der Waals surface area contributed by atoms with Crippen LogP contribution >= 0.6 is 0 Å². The van der Waals surface area contributed by atoms with E-state index in [-0.39, 0.29) is 4.90 Å². The normalized spacial score (nSPS) is 15.8. The van der Waals surface area contributed by atoms with Gasteiger partial charge >= 0.3 is 10.2 Å². The van der Waals surface area contributed by atoms with Crippen molar-refractivity contribution in [2.45, 2.75) is 18.1 Å². The molecule has 1 aromatic rings. The molecule has 1 aromatic carbocycles. The van der Waals surface area contributed by atoms with E-state index in [4.69, 9.17) is 4.74 Å². The zero-order chi connectivity index (χ0) is 9.47. The second-order valence-corrected chi connectivity index (χ2v) is 4.21. The summed E-state index contributed by atoms with van der Waals surface area (Å²) >= 11 is 0. The SMILES string of the molecule is O=S(=O)(F)c1ccc2c(c1)COC2. The van der Waals surface area contributed by atoms with Crippen LogP contribution in [0.3, 0.4) is 0 Å². The number of ether oxygens (including phenoxy) is 1. The molecule has 0 fully saturated rings. The van der Waals surface area contributed by atoms with E-state index in [9.17, 15) is 12.3 Å². The molecule has 0 atom stereocenters. The van der Waals surface area contributed by atoms with Gasteiger partial charge in [0.15, 0.2) is 0 Å². The molecule has 0 aliphatic carbocycles. The van der Waals surface area contributed by atoms with Gasteiger partial charge in [0.1, 0.15) is 0 Å². The summed E-state index contributed by atoms with van der Waals surface area (Å²) in [5.41, 5.74) is 1.67. The Kier molecular flexibility index (Phi) is 1.85. The highest BCUT2D eigenvalue weighted by molar-refractivity contribution is 7.86. The van der Waals surface area contributed by atoms with Crippen molar-refractivity contribution in [3.63, 3.8) is 0 Å². The molecule has 0 N–H and O–H groups in total. The van der Waals surface area contributed by atoms with Gasteiger partial charge in [0.2, 0.25) is 0 Å². The van der Waals surface area contributed by atoms with Crippen LogP contribution in [0, 0.1) is 0 Å². The van der Waals surface area contributed by atoms with Gasteiger partial charge in [-0.2, -0.15) is 8.42 Å². The van der Waals surface area contributed by atoms with Crippen LogP contribution in [0.2, 0.25) is 0 Å². The third-order valence-electron chi connectivity index (χ3n) is 1.97. The number of hydrogen-bond acceptors (Lipinski definition) is 3. The van der Waals surface area contributed by atoms with E-state index in [1.165, 1.54) is 12.1 Å². The maximum atomic E-state index is 12.5. The molecule has 13 heavy (non-hydrogen) atoms. The summed E-state index contributed by atoms with van der Waals surface area (Å²) in [6.07, 6.45) is 0. The van der Waals surface area contributed by atoms with Gasteiger partial charge in [-0.25, -0.2) is 0 Å². The topological polar surface area (TPSA) is 43.4 Å². The molecule has 1 heterocycles. The van der Waals surface area contributed by atoms with Crippen LogP contribution in [0.25, 0.3) is 0 Å². The molecule has 0 radical (unpaired) electrons. The number of hydrogen-bond donors (Lipinski definition) is 0. The molecule has 0 saturated heterocycles. The molecular weight excluding hydrogens is 195 g/mol. The largest absolute Gasteiger partial charge is 0.372 e. The van der Waals surface area contributed by atoms with Crippen molar-refractivity contribution in [2.24, 2.45) is 0 Å². The summed E-state index contributed by atoms with van der Waals surface area (Å²) in [6.45, 7) is 0.834. The molecule has 1 aliphatic rings. The maximum Gasteiger partial charge on any atom is 0.332 e. The average molecular weight is 202 g/mol. The molecule has 5 heteroatoms. The minimum atomic E-state index is -4.58. The lowest BCUT2D eigenvalue weighted by molar-refractivity contribution is 0.134. The first-order valence-corrected chi connectivity index (χ1v) is 5.10. The summed E-state index contributed by atoms with van der Waals surface area (Å²) in [4.78, 5) is -0.295. The van der Waals surface area contributed by atoms with Gasteiger partial charge in [0.05, 0.1) is 18.1 Å². The lowest BCUT2D eigenvalue weighted by Crippen LogP contribution is -1.93. The zero-order valence-electron chi connectivity index (χ0n) is 6.66. The third kappa shape index (κ3) is 1.57. The van der Waals surface area contributed by atoms with Gasteiger partial charge in [-0.15, -0.1) is 3.89 Å². The fourth-order valence-corrected chi connectivity index (χ4v) is 1.81. The minimum absolute atomic E-state index is 0.295. The van der Waals surface area contributed by atoms with E-state index in [1.807, 2.05) is 0 Å². The van der Waals surface area contributed by atoms with Crippen molar-refractivity contribution in [3.05, 3.63) is 29.3 Å². The molecule has 0 aromatic heterocycles. The van der Waals surface area contributed by atoms with Crippen LogP contribution in [0.15, 0.2) is 23.1 Å². The highest BCUT2D eigenvalue weighted by Crippen LogP contribution is 2.23. The lowest BCUT2D eigenvalue weighted by Gasteiger charge is -1.98. The van der Waals surface area contributed by atoms with Crippen molar-refractivity contribution >= 4 is 10.2 Å². The molecule has 70 valence electrons. The van der Waals surface area contributed by atoms with Crippen molar-refractivity contribution < 1.29 is 17.0 Å². The maximum absolute atomic E-state index is 12.5. The van der Waals surface area contributed by atoms with Crippen LogP contribution in [0.1, 0.15) is 11.1 Å². The van der Waals surface area contributed by atoms with Crippen LogP contribution < -0.4 is 0 Å². The molecule has 0 unspecified atom stereocenters. The first-order chi connectivity index (χ1) is 6.07. The molecule has 2 rings (SSSR count). The van der Waals surface area contributed by atoms with E-state index in [1.54, 1.807) is 6.07 Å². The van der Waals surface area contributed by atoms with Gasteiger partial charge in [0.25, 0.3) is 0 Å². The number of benzene rings is 1. The van der Waals surface area contributed by atoms with Crippen molar-refractivity contribution in [3.8, 4) is 0 Å². The smallest absolute Gasteiger partial charge is 0.332 e. The Hall–Kier alpha value is -0.940. The Balaban J connectivity index is 2.54. The van der Waals surface area contributed by atoms with Gasteiger partial charge in [-0.1, -0.05) is 6.07 Å². The number of halogens is 1. The Morgan fingerprint density at radius 3 is 2.62 bits per heavy atom. The molecule has 0 amide bonds. The first-order valence-electron chi connectivity index (χ1n) is 3.71. The molecule has 1 aliphatic heterocycles. The predicted octanol–water partition coefficient (Wildman–Crippen LogP) is 1.38. The summed E-state index contributed by atoms with van der Waals surface area (Å²) in [6, 6.07) is 4.15. The van der Waals surface area contributed by atoms with Crippen LogP contribution in [0.5, 0.6) is 0 Å². The third-order valence-corrected chi connectivity index (χ3v) is 2.79. The Morgan fingerprint density at radius 2 is 1.92 bits per heavy atom. The average Bonchev–Trinajstić information content (AvgIpc) is 2.47. The first kappa shape index (κ1) is 8.65. The monoisotopic (exact) mass is 202 g/mol. The van der Waals surface area contributed by atoms with Gasteiger partial charge in [-0.3, -0.25) is 0 Å². The minimum Gasteiger partial charge on any atom is -0.372 e. The van der Waals surface area contributed by atoms with Gasteiger partial charge < -0.3 is 4.74 Å². The second-order valence-electron chi connectivity index (χ2n) is 2.86. The second kappa shape index (κ2) is 2.78. The van der Waals surface area contributed by atoms with E-state index < -0.39 is 10.2 Å². The van der Waals surface area contributed by atoms with Crippen LogP contribution in [-0.2, 0) is 28.2 Å². The van der Waals surface area contributed by atoms with Crippen molar-refractivity contribution in [2.75, 3.05) is 0 Å². The fourth-order valence-electron chi connectivity index (χ4n) is 1.30. The zero-order valence-corrected chi connectivity index (χ0v) is 7.47. The van der Waals surface area contributed by atoms with E-state index >= 15 is 0 Å². The van der Waals surface area contributed by atoms with E-state index in [2.05, 4.69) is 0 Å². The Morgan fingerprint density at radius 1 is 1.23 bits per heavy atom.